The Labute approximate surface area is 170 Å². The van der Waals surface area contributed by atoms with Crippen LogP contribution in [-0.2, 0) is 11.2 Å². The summed E-state index contributed by atoms with van der Waals surface area (Å²) in [7, 11) is 0. The first-order valence-corrected chi connectivity index (χ1v) is 11.8. The van der Waals surface area contributed by atoms with E-state index in [1.54, 1.807) is 11.3 Å². The smallest absolute Gasteiger partial charge is 0.230 e. The van der Waals surface area contributed by atoms with Crippen molar-refractivity contribution in [3.8, 4) is 0 Å². The van der Waals surface area contributed by atoms with Crippen LogP contribution in [0.4, 0.5) is 0 Å². The van der Waals surface area contributed by atoms with Crippen LogP contribution >= 0.6 is 23.1 Å². The number of nitrogens with zero attached hydrogens (tertiary/aromatic N) is 3. The number of carbonyl (C=O) groups excluding carboxylic acids is 1. The fourth-order valence-electron chi connectivity index (χ4n) is 3.39. The molecule has 1 amide bonds. The molecule has 148 valence electrons. The molecule has 1 aliphatic rings. The second-order valence-electron chi connectivity index (χ2n) is 7.71. The normalized spacial score (nSPS) is 16.6. The molecule has 0 unspecified atom stereocenters. The second kappa shape index (κ2) is 9.73. The molecule has 27 heavy (non-hydrogen) atoms. The minimum absolute atomic E-state index is 0.0687. The molecule has 1 fully saturated rings. The fraction of sp³-hybridized carbons (Fsp3) is 0.650. The molecule has 5 nitrogen and oxygen atoms in total. The van der Waals surface area contributed by atoms with Crippen LogP contribution in [0.25, 0.3) is 0 Å². The SMILES string of the molecule is CC(C)[C@@H](C)NC(=O)CSc1nnc(Cc2cccs2)n1C1CCCCC1. The Morgan fingerprint density at radius 3 is 2.74 bits per heavy atom. The van der Waals surface area contributed by atoms with Crippen molar-refractivity contribution in [1.29, 1.82) is 0 Å². The summed E-state index contributed by atoms with van der Waals surface area (Å²) in [6.45, 7) is 6.29. The maximum atomic E-state index is 12.3. The molecule has 0 radical (unpaired) electrons. The van der Waals surface area contributed by atoms with Gasteiger partial charge in [0.25, 0.3) is 0 Å². The predicted octanol–water partition coefficient (Wildman–Crippen LogP) is 4.69. The van der Waals surface area contributed by atoms with Gasteiger partial charge < -0.3 is 9.88 Å². The van der Waals surface area contributed by atoms with Gasteiger partial charge in [-0.05, 0) is 37.1 Å². The van der Waals surface area contributed by atoms with Crippen LogP contribution in [-0.4, -0.2) is 32.5 Å². The average molecular weight is 407 g/mol. The van der Waals surface area contributed by atoms with E-state index >= 15 is 0 Å². The molecular weight excluding hydrogens is 376 g/mol. The molecule has 2 aromatic heterocycles. The van der Waals surface area contributed by atoms with Gasteiger partial charge in [-0.1, -0.05) is 50.9 Å². The first-order chi connectivity index (χ1) is 13.0. The van der Waals surface area contributed by atoms with Crippen LogP contribution in [0.1, 0.15) is 69.6 Å². The van der Waals surface area contributed by atoms with Gasteiger partial charge in [-0.3, -0.25) is 4.79 Å². The fourth-order valence-corrected chi connectivity index (χ4v) is 4.93. The quantitative estimate of drug-likeness (QED) is 0.646. The van der Waals surface area contributed by atoms with Crippen LogP contribution in [0.5, 0.6) is 0 Å². The molecule has 0 bridgehead atoms. The molecule has 0 aliphatic heterocycles. The molecule has 7 heteroatoms. The van der Waals surface area contributed by atoms with Crippen LogP contribution < -0.4 is 5.32 Å². The van der Waals surface area contributed by atoms with Crippen molar-refractivity contribution in [2.45, 2.75) is 76.5 Å². The molecule has 1 aliphatic carbocycles. The lowest BCUT2D eigenvalue weighted by Gasteiger charge is -2.25. The first-order valence-electron chi connectivity index (χ1n) is 9.93. The number of thiophene rings is 1. The third kappa shape index (κ3) is 5.57. The van der Waals surface area contributed by atoms with Gasteiger partial charge >= 0.3 is 0 Å². The monoisotopic (exact) mass is 406 g/mol. The molecule has 0 saturated heterocycles. The Morgan fingerprint density at radius 1 is 1.30 bits per heavy atom. The Morgan fingerprint density at radius 2 is 2.07 bits per heavy atom. The van der Waals surface area contributed by atoms with E-state index in [0.29, 0.717) is 17.7 Å². The minimum Gasteiger partial charge on any atom is -0.353 e. The zero-order chi connectivity index (χ0) is 19.2. The lowest BCUT2D eigenvalue weighted by atomic mass is 9.95. The van der Waals surface area contributed by atoms with Crippen molar-refractivity contribution in [3.63, 3.8) is 0 Å². The number of aromatic nitrogens is 3. The van der Waals surface area contributed by atoms with E-state index in [9.17, 15) is 4.79 Å². The van der Waals surface area contributed by atoms with E-state index in [1.165, 1.54) is 48.7 Å². The van der Waals surface area contributed by atoms with Crippen LogP contribution in [0.2, 0.25) is 0 Å². The summed E-state index contributed by atoms with van der Waals surface area (Å²) in [4.78, 5) is 13.6. The summed E-state index contributed by atoms with van der Waals surface area (Å²) in [6.07, 6.45) is 7.02. The lowest BCUT2D eigenvalue weighted by molar-refractivity contribution is -0.119. The Bertz CT molecular complexity index is 720. The number of hydrogen-bond acceptors (Lipinski definition) is 5. The highest BCUT2D eigenvalue weighted by Crippen LogP contribution is 2.33. The van der Waals surface area contributed by atoms with Gasteiger partial charge in [-0.25, -0.2) is 0 Å². The number of nitrogens with one attached hydrogen (secondary N) is 1. The molecule has 1 atom stereocenters. The highest BCUT2D eigenvalue weighted by Gasteiger charge is 2.24. The van der Waals surface area contributed by atoms with Gasteiger partial charge in [-0.2, -0.15) is 0 Å². The Hall–Kier alpha value is -1.34. The van der Waals surface area contributed by atoms with Gasteiger partial charge in [0, 0.05) is 23.4 Å². The van der Waals surface area contributed by atoms with E-state index in [2.05, 4.69) is 58.4 Å². The van der Waals surface area contributed by atoms with E-state index in [0.717, 1.165) is 17.4 Å². The van der Waals surface area contributed by atoms with Crippen LogP contribution in [0.15, 0.2) is 22.7 Å². The summed E-state index contributed by atoms with van der Waals surface area (Å²) in [5.41, 5.74) is 0. The van der Waals surface area contributed by atoms with Gasteiger partial charge in [0.1, 0.15) is 5.82 Å². The van der Waals surface area contributed by atoms with Crippen molar-refractivity contribution in [1.82, 2.24) is 20.1 Å². The first kappa shape index (κ1) is 20.4. The molecule has 0 aromatic carbocycles. The number of thioether (sulfide) groups is 1. The van der Waals surface area contributed by atoms with Gasteiger partial charge in [-0.15, -0.1) is 21.5 Å². The zero-order valence-electron chi connectivity index (χ0n) is 16.5. The standard InChI is InChI=1S/C20H30N4OS2/c1-14(2)15(3)21-19(25)13-27-20-23-22-18(12-17-10-7-11-26-17)24(20)16-8-5-4-6-9-16/h7,10-11,14-16H,4-6,8-9,12-13H2,1-3H3,(H,21,25)/t15-/m1/s1. The molecule has 1 N–H and O–H groups in total. The molecular formula is C20H30N4OS2. The highest BCUT2D eigenvalue weighted by atomic mass is 32.2. The maximum Gasteiger partial charge on any atom is 0.230 e. The Kier molecular flexibility index (Phi) is 7.35. The van der Waals surface area contributed by atoms with Gasteiger partial charge in [0.2, 0.25) is 5.91 Å². The number of hydrogen-bond donors (Lipinski definition) is 1. The van der Waals surface area contributed by atoms with E-state index in [4.69, 9.17) is 0 Å². The summed E-state index contributed by atoms with van der Waals surface area (Å²) in [5.74, 6) is 1.92. The largest absolute Gasteiger partial charge is 0.353 e. The molecule has 3 rings (SSSR count). The Balaban J connectivity index is 1.71. The summed E-state index contributed by atoms with van der Waals surface area (Å²) < 4.78 is 2.32. The van der Waals surface area contributed by atoms with E-state index in [-0.39, 0.29) is 11.9 Å². The lowest BCUT2D eigenvalue weighted by Crippen LogP contribution is -2.37. The van der Waals surface area contributed by atoms with Crippen molar-refractivity contribution >= 4 is 29.0 Å². The third-order valence-corrected chi connectivity index (χ3v) is 7.13. The molecule has 2 aromatic rings. The van der Waals surface area contributed by atoms with Gasteiger partial charge in [0.15, 0.2) is 5.16 Å². The summed E-state index contributed by atoms with van der Waals surface area (Å²) in [5, 5.41) is 15.0. The number of carbonyl (C=O) groups is 1. The van der Waals surface area contributed by atoms with Crippen LogP contribution in [0.3, 0.4) is 0 Å². The van der Waals surface area contributed by atoms with Crippen molar-refractivity contribution in [2.24, 2.45) is 5.92 Å². The summed E-state index contributed by atoms with van der Waals surface area (Å²) in [6, 6.07) is 4.88. The summed E-state index contributed by atoms with van der Waals surface area (Å²) >= 11 is 3.27. The molecule has 0 spiro atoms. The van der Waals surface area contributed by atoms with Crippen molar-refractivity contribution in [3.05, 3.63) is 28.2 Å². The van der Waals surface area contributed by atoms with E-state index in [1.807, 2.05) is 0 Å². The second-order valence-corrected chi connectivity index (χ2v) is 9.68. The van der Waals surface area contributed by atoms with Crippen molar-refractivity contribution < 1.29 is 4.79 Å². The number of rotatable bonds is 8. The maximum absolute atomic E-state index is 12.3. The predicted molar refractivity (Wildman–Crippen MR) is 112 cm³/mol. The van der Waals surface area contributed by atoms with E-state index < -0.39 is 0 Å². The highest BCUT2D eigenvalue weighted by molar-refractivity contribution is 7.99. The topological polar surface area (TPSA) is 59.8 Å². The van der Waals surface area contributed by atoms with Crippen LogP contribution in [0, 0.1) is 5.92 Å². The van der Waals surface area contributed by atoms with Gasteiger partial charge in [0.05, 0.1) is 5.75 Å². The zero-order valence-corrected chi connectivity index (χ0v) is 18.1. The number of amides is 1. The minimum atomic E-state index is 0.0687. The molecule has 2 heterocycles. The third-order valence-electron chi connectivity index (χ3n) is 5.31. The van der Waals surface area contributed by atoms with Crippen molar-refractivity contribution in [2.75, 3.05) is 5.75 Å². The average Bonchev–Trinajstić information content (AvgIpc) is 3.31. The molecule has 1 saturated carbocycles.